The van der Waals surface area contributed by atoms with E-state index in [9.17, 15) is 14.7 Å². The molecule has 4 atom stereocenters. The average molecular weight is 365 g/mol. The quantitative estimate of drug-likeness (QED) is 0.312. The molecular formula is C22H36O4. The van der Waals surface area contributed by atoms with Crippen LogP contribution in [0, 0.1) is 17.8 Å². The number of ether oxygens (including phenoxy) is 1. The second kappa shape index (κ2) is 12.9. The van der Waals surface area contributed by atoms with Crippen molar-refractivity contribution in [2.24, 2.45) is 17.8 Å². The van der Waals surface area contributed by atoms with Gasteiger partial charge in [0.2, 0.25) is 0 Å². The zero-order chi connectivity index (χ0) is 19.4. The number of Topliss-reactive ketones (excluding diaryl/α,β-unsaturated/α-hetero) is 1. The number of aliphatic hydroxyl groups is 1. The molecule has 2 unspecified atom stereocenters. The number of methoxy groups -OCH3 is 1. The number of carbonyl (C=O) groups excluding carboxylic acids is 2. The van der Waals surface area contributed by atoms with Crippen molar-refractivity contribution in [2.75, 3.05) is 7.11 Å². The van der Waals surface area contributed by atoms with E-state index in [-0.39, 0.29) is 23.9 Å². The fourth-order valence-electron chi connectivity index (χ4n) is 3.57. The van der Waals surface area contributed by atoms with Crippen LogP contribution in [-0.2, 0) is 14.3 Å². The van der Waals surface area contributed by atoms with E-state index in [4.69, 9.17) is 0 Å². The lowest BCUT2D eigenvalue weighted by atomic mass is 9.90. The Morgan fingerprint density at radius 1 is 1.35 bits per heavy atom. The minimum absolute atomic E-state index is 0.0633. The normalized spacial score (nSPS) is 23.0. The van der Waals surface area contributed by atoms with Crippen LogP contribution in [0.1, 0.15) is 71.6 Å². The summed E-state index contributed by atoms with van der Waals surface area (Å²) >= 11 is 0. The Morgan fingerprint density at radius 2 is 2.12 bits per heavy atom. The summed E-state index contributed by atoms with van der Waals surface area (Å²) in [6.45, 7) is 4.23. The minimum atomic E-state index is -0.295. The highest BCUT2D eigenvalue weighted by Gasteiger charge is 2.31. The zero-order valence-corrected chi connectivity index (χ0v) is 16.7. The summed E-state index contributed by atoms with van der Waals surface area (Å²) in [6.07, 6.45) is 15.2. The Labute approximate surface area is 158 Å². The third-order valence-corrected chi connectivity index (χ3v) is 5.35. The highest BCUT2D eigenvalue weighted by molar-refractivity contribution is 5.83. The summed E-state index contributed by atoms with van der Waals surface area (Å²) in [7, 11) is 1.40. The lowest BCUT2D eigenvalue weighted by Gasteiger charge is -2.17. The highest BCUT2D eigenvalue weighted by Crippen LogP contribution is 2.33. The summed E-state index contributed by atoms with van der Waals surface area (Å²) in [5.74, 6) is 0.839. The van der Waals surface area contributed by atoms with Crippen molar-refractivity contribution in [2.45, 2.75) is 77.7 Å². The maximum Gasteiger partial charge on any atom is 0.305 e. The van der Waals surface area contributed by atoms with Gasteiger partial charge in [0.05, 0.1) is 13.2 Å². The molecule has 0 aromatic heterocycles. The largest absolute Gasteiger partial charge is 0.469 e. The van der Waals surface area contributed by atoms with Crippen LogP contribution in [0.2, 0.25) is 0 Å². The number of hydrogen-bond donors (Lipinski definition) is 1. The van der Waals surface area contributed by atoms with Crippen LogP contribution in [0.4, 0.5) is 0 Å². The first-order valence-electron chi connectivity index (χ1n) is 10.1. The standard InChI is InChI=1S/C22H36O4/c1-4-10-17(2)20(23)13-9-11-18-15-16-21(24)19(18)12-7-5-6-8-14-22(25)26-3/h5,7,9,11,17-20,23H,4,6,8,10,12-16H2,1-3H3/t17?,18-,19+,20?/m0/s1. The molecule has 1 N–H and O–H groups in total. The van der Waals surface area contributed by atoms with Gasteiger partial charge in [-0.15, -0.1) is 0 Å². The Hall–Kier alpha value is -1.42. The van der Waals surface area contributed by atoms with Crippen LogP contribution in [0.25, 0.3) is 0 Å². The number of aliphatic hydroxyl groups excluding tert-OH is 1. The van der Waals surface area contributed by atoms with Gasteiger partial charge in [-0.25, -0.2) is 0 Å². The maximum absolute atomic E-state index is 12.1. The summed E-state index contributed by atoms with van der Waals surface area (Å²) in [4.78, 5) is 23.2. The SMILES string of the molecule is CCCC(C)C(O)CC=C[C@H]1CCC(=O)[C@@H]1CC=CCCCC(=O)OC. The number of unbranched alkanes of at least 4 members (excludes halogenated alkanes) is 1. The monoisotopic (exact) mass is 364 g/mol. The minimum Gasteiger partial charge on any atom is -0.469 e. The van der Waals surface area contributed by atoms with Crippen molar-refractivity contribution < 1.29 is 19.4 Å². The van der Waals surface area contributed by atoms with Crippen molar-refractivity contribution >= 4 is 11.8 Å². The Balaban J connectivity index is 2.38. The number of ketones is 1. The van der Waals surface area contributed by atoms with Gasteiger partial charge in [-0.05, 0) is 50.4 Å². The Kier molecular flexibility index (Phi) is 11.2. The number of hydrogen-bond acceptors (Lipinski definition) is 4. The third kappa shape index (κ3) is 8.31. The van der Waals surface area contributed by atoms with Gasteiger partial charge in [0.15, 0.2) is 0 Å². The number of carbonyl (C=O) groups is 2. The first kappa shape index (κ1) is 22.6. The van der Waals surface area contributed by atoms with E-state index in [0.717, 1.165) is 38.5 Å². The molecule has 0 aromatic rings. The second-order valence-electron chi connectivity index (χ2n) is 7.45. The average Bonchev–Trinajstić information content (AvgIpc) is 2.97. The first-order chi connectivity index (χ1) is 12.5. The van der Waals surface area contributed by atoms with Crippen LogP contribution in [0.3, 0.4) is 0 Å². The van der Waals surface area contributed by atoms with Crippen LogP contribution in [0.5, 0.6) is 0 Å². The van der Waals surface area contributed by atoms with Gasteiger partial charge in [-0.3, -0.25) is 9.59 Å². The molecule has 0 aromatic carbocycles. The molecule has 26 heavy (non-hydrogen) atoms. The topological polar surface area (TPSA) is 63.6 Å². The number of allylic oxidation sites excluding steroid dienone is 3. The highest BCUT2D eigenvalue weighted by atomic mass is 16.5. The predicted octanol–water partition coefficient (Wildman–Crippen LogP) is 4.61. The molecule has 0 aliphatic heterocycles. The Bertz CT molecular complexity index is 481. The third-order valence-electron chi connectivity index (χ3n) is 5.35. The molecule has 0 heterocycles. The Morgan fingerprint density at radius 3 is 2.81 bits per heavy atom. The molecule has 0 spiro atoms. The van der Waals surface area contributed by atoms with Gasteiger partial charge in [-0.1, -0.05) is 44.6 Å². The molecule has 1 aliphatic rings. The van der Waals surface area contributed by atoms with E-state index in [2.05, 4.69) is 42.9 Å². The molecule has 1 saturated carbocycles. The summed E-state index contributed by atoms with van der Waals surface area (Å²) in [6, 6.07) is 0. The molecule has 0 saturated heterocycles. The lowest BCUT2D eigenvalue weighted by molar-refractivity contribution is -0.140. The van der Waals surface area contributed by atoms with Gasteiger partial charge in [-0.2, -0.15) is 0 Å². The summed E-state index contributed by atoms with van der Waals surface area (Å²) < 4.78 is 4.62. The molecule has 148 valence electrons. The lowest BCUT2D eigenvalue weighted by Crippen LogP contribution is -2.16. The molecule has 4 heteroatoms. The van der Waals surface area contributed by atoms with Crippen molar-refractivity contribution in [1.82, 2.24) is 0 Å². The van der Waals surface area contributed by atoms with E-state index in [0.29, 0.717) is 31.0 Å². The first-order valence-corrected chi connectivity index (χ1v) is 10.1. The van der Waals surface area contributed by atoms with Gasteiger partial charge < -0.3 is 9.84 Å². The molecule has 0 bridgehead atoms. The summed E-state index contributed by atoms with van der Waals surface area (Å²) in [5.41, 5.74) is 0. The molecule has 0 radical (unpaired) electrons. The van der Waals surface area contributed by atoms with Crippen LogP contribution in [0.15, 0.2) is 24.3 Å². The second-order valence-corrected chi connectivity index (χ2v) is 7.45. The van der Waals surface area contributed by atoms with Gasteiger partial charge in [0.25, 0.3) is 0 Å². The van der Waals surface area contributed by atoms with Gasteiger partial charge in [0.1, 0.15) is 5.78 Å². The number of rotatable bonds is 12. The predicted molar refractivity (Wildman–Crippen MR) is 105 cm³/mol. The van der Waals surface area contributed by atoms with E-state index in [1.54, 1.807) is 0 Å². The summed E-state index contributed by atoms with van der Waals surface area (Å²) in [5, 5.41) is 10.2. The van der Waals surface area contributed by atoms with E-state index < -0.39 is 0 Å². The van der Waals surface area contributed by atoms with Gasteiger partial charge >= 0.3 is 5.97 Å². The molecule has 1 fully saturated rings. The van der Waals surface area contributed by atoms with Crippen molar-refractivity contribution in [3.05, 3.63) is 24.3 Å². The van der Waals surface area contributed by atoms with E-state index in [1.807, 2.05) is 0 Å². The van der Waals surface area contributed by atoms with Crippen LogP contribution >= 0.6 is 0 Å². The maximum atomic E-state index is 12.1. The zero-order valence-electron chi connectivity index (χ0n) is 16.7. The molecule has 1 rings (SSSR count). The van der Waals surface area contributed by atoms with Crippen LogP contribution < -0.4 is 0 Å². The van der Waals surface area contributed by atoms with Crippen molar-refractivity contribution in [1.29, 1.82) is 0 Å². The molecule has 0 amide bonds. The van der Waals surface area contributed by atoms with Crippen molar-refractivity contribution in [3.63, 3.8) is 0 Å². The van der Waals surface area contributed by atoms with E-state index in [1.165, 1.54) is 7.11 Å². The number of esters is 1. The molecule has 1 aliphatic carbocycles. The van der Waals surface area contributed by atoms with Crippen molar-refractivity contribution in [3.8, 4) is 0 Å². The fraction of sp³-hybridized carbons (Fsp3) is 0.727. The molecular weight excluding hydrogens is 328 g/mol. The fourth-order valence-corrected chi connectivity index (χ4v) is 3.57. The van der Waals surface area contributed by atoms with Gasteiger partial charge in [0, 0.05) is 18.8 Å². The smallest absolute Gasteiger partial charge is 0.305 e. The van der Waals surface area contributed by atoms with E-state index >= 15 is 0 Å². The molecule has 4 nitrogen and oxygen atoms in total. The van der Waals surface area contributed by atoms with Crippen LogP contribution in [-0.4, -0.2) is 30.1 Å².